The van der Waals surface area contributed by atoms with E-state index in [0.717, 1.165) is 5.56 Å². The molecule has 0 saturated heterocycles. The van der Waals surface area contributed by atoms with Crippen molar-refractivity contribution >= 4 is 46.7 Å². The zero-order valence-electron chi connectivity index (χ0n) is 16.7. The van der Waals surface area contributed by atoms with Crippen LogP contribution in [0.3, 0.4) is 0 Å². The van der Waals surface area contributed by atoms with Crippen molar-refractivity contribution in [3.63, 3.8) is 0 Å². The minimum Gasteiger partial charge on any atom is -0.465 e. The van der Waals surface area contributed by atoms with Crippen molar-refractivity contribution in [2.75, 3.05) is 12.0 Å². The Bertz CT molecular complexity index is 1240. The van der Waals surface area contributed by atoms with Crippen LogP contribution in [0.15, 0.2) is 82.0 Å². The number of allylic oxidation sites excluding steroid dienone is 2. The van der Waals surface area contributed by atoms with Crippen LogP contribution in [0.2, 0.25) is 10.0 Å². The minimum atomic E-state index is -0.691. The first-order valence-electron chi connectivity index (χ1n) is 9.36. The van der Waals surface area contributed by atoms with E-state index in [1.54, 1.807) is 66.4 Å². The number of carbonyl (C=O) groups is 2. The van der Waals surface area contributed by atoms with Gasteiger partial charge in [-0.25, -0.2) is 4.79 Å². The first-order valence-corrected chi connectivity index (χ1v) is 10.1. The van der Waals surface area contributed by atoms with Crippen molar-refractivity contribution in [1.82, 2.24) is 0 Å². The van der Waals surface area contributed by atoms with Gasteiger partial charge >= 0.3 is 5.97 Å². The molecule has 1 aliphatic heterocycles. The Balaban J connectivity index is 1.78. The molecule has 1 aliphatic rings. The van der Waals surface area contributed by atoms with E-state index in [0.29, 0.717) is 33.0 Å². The highest BCUT2D eigenvalue weighted by atomic mass is 35.5. The van der Waals surface area contributed by atoms with Gasteiger partial charge in [0.05, 0.1) is 12.8 Å². The fourth-order valence-electron chi connectivity index (χ4n) is 3.44. The lowest BCUT2D eigenvalue weighted by atomic mass is 10.1. The maximum Gasteiger partial charge on any atom is 0.343 e. The first-order chi connectivity index (χ1) is 14.9. The number of ketones is 1. The highest BCUT2D eigenvalue weighted by Gasteiger charge is 2.38. The number of ether oxygens (including phenoxy) is 1. The molecular weight excluding hydrogens is 437 g/mol. The second-order valence-electron chi connectivity index (χ2n) is 6.83. The molecule has 2 aromatic carbocycles. The Morgan fingerprint density at radius 1 is 1.03 bits per heavy atom. The molecule has 0 amide bonds. The molecule has 3 aromatic rings. The third-order valence-corrected chi connectivity index (χ3v) is 5.37. The molecule has 0 radical (unpaired) electrons. The number of hydrogen-bond acceptors (Lipinski definition) is 5. The predicted octanol–water partition coefficient (Wildman–Crippen LogP) is 6.13. The van der Waals surface area contributed by atoms with Gasteiger partial charge in [-0.15, -0.1) is 0 Å². The van der Waals surface area contributed by atoms with E-state index in [1.165, 1.54) is 7.11 Å². The summed E-state index contributed by atoms with van der Waals surface area (Å²) in [6.45, 7) is 1.69. The molecule has 0 aliphatic carbocycles. The van der Waals surface area contributed by atoms with Crippen LogP contribution in [0, 0.1) is 0 Å². The number of anilines is 1. The minimum absolute atomic E-state index is 0.0229. The number of rotatable bonds is 4. The molecule has 0 N–H and O–H groups in total. The summed E-state index contributed by atoms with van der Waals surface area (Å²) in [6, 6.07) is 17.8. The fourth-order valence-corrected chi connectivity index (χ4v) is 3.76. The van der Waals surface area contributed by atoms with Gasteiger partial charge in [0, 0.05) is 33.1 Å². The van der Waals surface area contributed by atoms with Crippen molar-refractivity contribution in [2.45, 2.75) is 6.92 Å². The van der Waals surface area contributed by atoms with E-state index in [-0.39, 0.29) is 11.3 Å². The van der Waals surface area contributed by atoms with Crippen molar-refractivity contribution in [3.8, 4) is 11.3 Å². The van der Waals surface area contributed by atoms with E-state index in [1.807, 2.05) is 12.1 Å². The van der Waals surface area contributed by atoms with Crippen LogP contribution in [0.4, 0.5) is 5.69 Å². The van der Waals surface area contributed by atoms with Gasteiger partial charge < -0.3 is 14.1 Å². The number of carbonyl (C=O) groups excluding carboxylic acids is 2. The highest BCUT2D eigenvalue weighted by molar-refractivity contribution is 6.31. The summed E-state index contributed by atoms with van der Waals surface area (Å²) in [5.41, 5.74) is 2.21. The summed E-state index contributed by atoms with van der Waals surface area (Å²) in [4.78, 5) is 27.1. The summed E-state index contributed by atoms with van der Waals surface area (Å²) >= 11 is 12.1. The third kappa shape index (κ3) is 4.02. The number of nitrogens with zero attached hydrogens (tertiary/aromatic N) is 1. The summed E-state index contributed by atoms with van der Waals surface area (Å²) in [6.07, 6.45) is 1.60. The topological polar surface area (TPSA) is 59.8 Å². The largest absolute Gasteiger partial charge is 0.465 e. The number of esters is 1. The van der Waals surface area contributed by atoms with Crippen LogP contribution in [-0.4, -0.2) is 18.9 Å². The first kappa shape index (κ1) is 21.0. The SMILES string of the molecule is COC(=O)C1=C(C)N(c2ccc(Cl)cc2)/C(=C/c2ccc(-c3cccc(Cl)c3)o2)C1=O. The van der Waals surface area contributed by atoms with E-state index >= 15 is 0 Å². The maximum atomic E-state index is 13.1. The van der Waals surface area contributed by atoms with Crippen LogP contribution >= 0.6 is 23.2 Å². The molecule has 0 unspecified atom stereocenters. The molecule has 31 heavy (non-hydrogen) atoms. The lowest BCUT2D eigenvalue weighted by Crippen LogP contribution is -2.18. The van der Waals surface area contributed by atoms with Crippen LogP contribution in [0.1, 0.15) is 12.7 Å². The van der Waals surface area contributed by atoms with Crippen molar-refractivity contribution in [3.05, 3.63) is 93.4 Å². The summed E-state index contributed by atoms with van der Waals surface area (Å²) in [5, 5.41) is 1.16. The number of methoxy groups -OCH3 is 1. The predicted molar refractivity (Wildman–Crippen MR) is 121 cm³/mol. The normalized spacial score (nSPS) is 15.2. The average molecular weight is 454 g/mol. The number of furan rings is 1. The van der Waals surface area contributed by atoms with Crippen LogP contribution in [0.25, 0.3) is 17.4 Å². The van der Waals surface area contributed by atoms with E-state index < -0.39 is 11.8 Å². The molecule has 4 rings (SSSR count). The van der Waals surface area contributed by atoms with Gasteiger partial charge in [-0.2, -0.15) is 0 Å². The lowest BCUT2D eigenvalue weighted by molar-refractivity contribution is -0.137. The Labute approximate surface area is 189 Å². The van der Waals surface area contributed by atoms with E-state index in [4.69, 9.17) is 32.4 Å². The zero-order chi connectivity index (χ0) is 22.1. The van der Waals surface area contributed by atoms with Crippen LogP contribution in [0.5, 0.6) is 0 Å². The van der Waals surface area contributed by atoms with E-state index in [9.17, 15) is 9.59 Å². The lowest BCUT2D eigenvalue weighted by Gasteiger charge is -2.21. The van der Waals surface area contributed by atoms with Gasteiger partial charge in [0.2, 0.25) is 5.78 Å². The van der Waals surface area contributed by atoms with Crippen LogP contribution in [-0.2, 0) is 14.3 Å². The number of Topliss-reactive ketones (excluding diaryl/α,β-unsaturated/α-hetero) is 1. The monoisotopic (exact) mass is 453 g/mol. The second kappa shape index (κ2) is 8.46. The third-order valence-electron chi connectivity index (χ3n) is 4.89. The standard InChI is InChI=1S/C24H17Cl2NO4/c1-14-22(24(29)30-2)23(28)20(27(14)18-8-6-16(25)7-9-18)13-19-10-11-21(31-19)15-4-3-5-17(26)12-15/h3-13H,1-2H3/b20-13+. The van der Waals surface area contributed by atoms with Gasteiger partial charge in [-0.05, 0) is 55.5 Å². The fraction of sp³-hybridized carbons (Fsp3) is 0.0833. The number of hydrogen-bond donors (Lipinski definition) is 0. The molecule has 2 heterocycles. The zero-order valence-corrected chi connectivity index (χ0v) is 18.2. The quantitative estimate of drug-likeness (QED) is 0.270. The summed E-state index contributed by atoms with van der Waals surface area (Å²) < 4.78 is 10.7. The van der Waals surface area contributed by atoms with Gasteiger partial charge in [-0.1, -0.05) is 35.3 Å². The number of halogens is 2. The van der Waals surface area contributed by atoms with Crippen LogP contribution < -0.4 is 4.90 Å². The Hall–Kier alpha value is -3.28. The molecule has 0 spiro atoms. The van der Waals surface area contributed by atoms with E-state index in [2.05, 4.69) is 0 Å². The smallest absolute Gasteiger partial charge is 0.343 e. The molecule has 0 bridgehead atoms. The average Bonchev–Trinajstić information content (AvgIpc) is 3.32. The molecule has 0 fully saturated rings. The summed E-state index contributed by atoms with van der Waals surface area (Å²) in [5.74, 6) is -0.0733. The Morgan fingerprint density at radius 3 is 2.45 bits per heavy atom. The number of benzene rings is 2. The van der Waals surface area contributed by atoms with Gasteiger partial charge in [0.25, 0.3) is 0 Å². The Morgan fingerprint density at radius 2 is 1.77 bits per heavy atom. The van der Waals surface area contributed by atoms with Gasteiger partial charge in [0.15, 0.2) is 0 Å². The molecule has 0 saturated carbocycles. The summed E-state index contributed by atoms with van der Waals surface area (Å²) in [7, 11) is 1.24. The molecule has 7 heteroatoms. The molecular formula is C24H17Cl2NO4. The molecule has 156 valence electrons. The van der Waals surface area contributed by atoms with Gasteiger partial charge in [0.1, 0.15) is 17.1 Å². The Kier molecular flexibility index (Phi) is 5.72. The highest BCUT2D eigenvalue weighted by Crippen LogP contribution is 2.36. The van der Waals surface area contributed by atoms with Gasteiger partial charge in [-0.3, -0.25) is 4.79 Å². The van der Waals surface area contributed by atoms with Crippen molar-refractivity contribution in [1.29, 1.82) is 0 Å². The second-order valence-corrected chi connectivity index (χ2v) is 7.71. The van der Waals surface area contributed by atoms with Crippen molar-refractivity contribution in [2.24, 2.45) is 0 Å². The van der Waals surface area contributed by atoms with Crippen molar-refractivity contribution < 1.29 is 18.7 Å². The molecule has 1 aromatic heterocycles. The molecule has 0 atom stereocenters. The maximum absolute atomic E-state index is 13.1. The molecule has 5 nitrogen and oxygen atoms in total.